The van der Waals surface area contributed by atoms with Crippen molar-refractivity contribution in [3.63, 3.8) is 0 Å². The molecule has 27 heavy (non-hydrogen) atoms. The summed E-state index contributed by atoms with van der Waals surface area (Å²) in [7, 11) is 0. The van der Waals surface area contributed by atoms with Crippen molar-refractivity contribution < 1.29 is 4.79 Å². The number of aryl methyl sites for hydroxylation is 1. The normalized spacial score (nSPS) is 10.5. The van der Waals surface area contributed by atoms with Gasteiger partial charge in [0.05, 0.1) is 17.6 Å². The Morgan fingerprint density at radius 3 is 2.52 bits per heavy atom. The number of terminal acetylenes is 1. The van der Waals surface area contributed by atoms with Gasteiger partial charge in [-0.15, -0.1) is 6.42 Å². The van der Waals surface area contributed by atoms with E-state index in [0.29, 0.717) is 17.5 Å². The average molecular weight is 359 g/mol. The second kappa shape index (κ2) is 8.81. The summed E-state index contributed by atoms with van der Waals surface area (Å²) in [5.41, 5.74) is 1.64. The molecular formula is C22H21N3O2. The van der Waals surface area contributed by atoms with E-state index in [0.717, 1.165) is 18.2 Å². The first-order chi connectivity index (χ1) is 13.2. The molecule has 1 aromatic heterocycles. The van der Waals surface area contributed by atoms with Gasteiger partial charge in [0.1, 0.15) is 6.54 Å². The van der Waals surface area contributed by atoms with E-state index in [1.54, 1.807) is 12.1 Å². The van der Waals surface area contributed by atoms with Crippen molar-refractivity contribution in [3.05, 3.63) is 76.2 Å². The van der Waals surface area contributed by atoms with E-state index in [2.05, 4.69) is 28.5 Å². The molecule has 0 saturated carbocycles. The van der Waals surface area contributed by atoms with Crippen molar-refractivity contribution in [3.8, 4) is 12.3 Å². The number of carbonyl (C=O) groups is 1. The summed E-state index contributed by atoms with van der Waals surface area (Å²) in [6, 6.07) is 17.3. The Balaban J connectivity index is 1.66. The molecule has 0 aliphatic carbocycles. The van der Waals surface area contributed by atoms with Gasteiger partial charge in [0.2, 0.25) is 5.91 Å². The first-order valence-corrected chi connectivity index (χ1v) is 8.92. The first-order valence-electron chi connectivity index (χ1n) is 8.92. The van der Waals surface area contributed by atoms with Crippen molar-refractivity contribution in [1.82, 2.24) is 15.1 Å². The van der Waals surface area contributed by atoms with Gasteiger partial charge < -0.3 is 5.32 Å². The van der Waals surface area contributed by atoms with Crippen LogP contribution in [0.3, 0.4) is 0 Å². The predicted molar refractivity (Wildman–Crippen MR) is 106 cm³/mol. The van der Waals surface area contributed by atoms with Crippen LogP contribution in [0.5, 0.6) is 0 Å². The molecule has 0 atom stereocenters. The van der Waals surface area contributed by atoms with Crippen LogP contribution >= 0.6 is 0 Å². The number of hydrogen-bond acceptors (Lipinski definition) is 3. The molecule has 0 fully saturated rings. The molecule has 3 aromatic rings. The van der Waals surface area contributed by atoms with E-state index in [4.69, 9.17) is 6.42 Å². The summed E-state index contributed by atoms with van der Waals surface area (Å²) in [5, 5.41) is 8.52. The van der Waals surface area contributed by atoms with Gasteiger partial charge in [0.15, 0.2) is 0 Å². The second-order valence-electron chi connectivity index (χ2n) is 6.28. The Bertz CT molecular complexity index is 1030. The van der Waals surface area contributed by atoms with Crippen molar-refractivity contribution >= 4 is 16.7 Å². The second-order valence-corrected chi connectivity index (χ2v) is 6.28. The highest BCUT2D eigenvalue weighted by molar-refractivity contribution is 5.84. The third-order valence-electron chi connectivity index (χ3n) is 4.35. The molecule has 136 valence electrons. The van der Waals surface area contributed by atoms with E-state index in [1.807, 2.05) is 30.3 Å². The number of fused-ring (bicyclic) bond motifs is 1. The fraction of sp³-hybridized carbons (Fsp3) is 0.227. The molecule has 1 heterocycles. The van der Waals surface area contributed by atoms with Crippen LogP contribution in [0.1, 0.15) is 24.1 Å². The highest BCUT2D eigenvalue weighted by Gasteiger charge is 2.11. The zero-order valence-corrected chi connectivity index (χ0v) is 15.0. The van der Waals surface area contributed by atoms with Crippen LogP contribution in [-0.4, -0.2) is 15.7 Å². The van der Waals surface area contributed by atoms with Gasteiger partial charge in [-0.05, 0) is 24.5 Å². The molecule has 1 N–H and O–H groups in total. The zero-order chi connectivity index (χ0) is 19.1. The third kappa shape index (κ3) is 4.62. The van der Waals surface area contributed by atoms with Crippen molar-refractivity contribution in [2.75, 3.05) is 0 Å². The van der Waals surface area contributed by atoms with Gasteiger partial charge in [0, 0.05) is 11.8 Å². The number of rotatable bonds is 7. The summed E-state index contributed by atoms with van der Waals surface area (Å²) in [5.74, 6) is 2.40. The Morgan fingerprint density at radius 2 is 1.78 bits per heavy atom. The summed E-state index contributed by atoms with van der Waals surface area (Å²) in [6.07, 6.45) is 7.41. The van der Waals surface area contributed by atoms with Crippen LogP contribution in [0.15, 0.2) is 59.4 Å². The summed E-state index contributed by atoms with van der Waals surface area (Å²) >= 11 is 0. The number of benzene rings is 2. The molecule has 0 saturated heterocycles. The van der Waals surface area contributed by atoms with Gasteiger partial charge in [-0.25, -0.2) is 4.68 Å². The monoisotopic (exact) mass is 359 g/mol. The van der Waals surface area contributed by atoms with Crippen LogP contribution in [0.2, 0.25) is 0 Å². The Morgan fingerprint density at radius 1 is 1.07 bits per heavy atom. The van der Waals surface area contributed by atoms with Crippen molar-refractivity contribution in [2.45, 2.75) is 32.4 Å². The van der Waals surface area contributed by atoms with Gasteiger partial charge in [-0.3, -0.25) is 9.59 Å². The summed E-state index contributed by atoms with van der Waals surface area (Å²) in [4.78, 5) is 24.6. The maximum atomic E-state index is 12.4. The summed E-state index contributed by atoms with van der Waals surface area (Å²) < 4.78 is 1.26. The SMILES string of the molecule is C#CCn1nc(CNC(=O)CCCc2ccccc2)c2ccccc2c1=O. The molecule has 5 heteroatoms. The van der Waals surface area contributed by atoms with Gasteiger partial charge >= 0.3 is 0 Å². The molecule has 0 bridgehead atoms. The molecule has 0 radical (unpaired) electrons. The smallest absolute Gasteiger partial charge is 0.275 e. The van der Waals surface area contributed by atoms with E-state index in [1.165, 1.54) is 10.2 Å². The fourth-order valence-corrected chi connectivity index (χ4v) is 3.00. The predicted octanol–water partition coefficient (Wildman–Crippen LogP) is 2.67. The molecule has 2 aromatic carbocycles. The molecule has 0 spiro atoms. The quantitative estimate of drug-likeness (QED) is 0.660. The van der Waals surface area contributed by atoms with Crippen LogP contribution in [0, 0.1) is 12.3 Å². The summed E-state index contributed by atoms with van der Waals surface area (Å²) in [6.45, 7) is 0.358. The highest BCUT2D eigenvalue weighted by Crippen LogP contribution is 2.13. The molecule has 3 rings (SSSR count). The Labute approximate surface area is 158 Å². The molecule has 0 unspecified atom stereocenters. The standard InChI is InChI=1S/C22H21N3O2/c1-2-15-25-22(27)19-13-7-6-12-18(19)20(24-25)16-23-21(26)14-8-11-17-9-4-3-5-10-17/h1,3-7,9-10,12-13H,8,11,14-16H2,(H,23,26). The minimum atomic E-state index is -0.221. The molecule has 5 nitrogen and oxygen atoms in total. The van der Waals surface area contributed by atoms with Crippen molar-refractivity contribution in [1.29, 1.82) is 0 Å². The number of aromatic nitrogens is 2. The molecular weight excluding hydrogens is 338 g/mol. The first kappa shape index (κ1) is 18.4. The maximum Gasteiger partial charge on any atom is 0.275 e. The van der Waals surface area contributed by atoms with E-state index in [-0.39, 0.29) is 24.6 Å². The topological polar surface area (TPSA) is 64.0 Å². The van der Waals surface area contributed by atoms with Crippen LogP contribution < -0.4 is 10.9 Å². The van der Waals surface area contributed by atoms with Crippen LogP contribution in [-0.2, 0) is 24.3 Å². The number of nitrogens with zero attached hydrogens (tertiary/aromatic N) is 2. The fourth-order valence-electron chi connectivity index (χ4n) is 3.00. The third-order valence-corrected chi connectivity index (χ3v) is 4.35. The number of amides is 1. The zero-order valence-electron chi connectivity index (χ0n) is 15.0. The maximum absolute atomic E-state index is 12.4. The van der Waals surface area contributed by atoms with Gasteiger partial charge in [-0.1, -0.05) is 54.5 Å². The van der Waals surface area contributed by atoms with Crippen molar-refractivity contribution in [2.24, 2.45) is 0 Å². The molecule has 0 aliphatic heterocycles. The number of carbonyl (C=O) groups excluding carboxylic acids is 1. The average Bonchev–Trinajstić information content (AvgIpc) is 2.70. The lowest BCUT2D eigenvalue weighted by Crippen LogP contribution is -2.28. The van der Waals surface area contributed by atoms with E-state index < -0.39 is 0 Å². The van der Waals surface area contributed by atoms with E-state index >= 15 is 0 Å². The lowest BCUT2D eigenvalue weighted by atomic mass is 10.1. The lowest BCUT2D eigenvalue weighted by molar-refractivity contribution is -0.121. The van der Waals surface area contributed by atoms with Crippen LogP contribution in [0.25, 0.3) is 10.8 Å². The minimum Gasteiger partial charge on any atom is -0.350 e. The minimum absolute atomic E-state index is 0.0356. The number of hydrogen-bond donors (Lipinski definition) is 1. The highest BCUT2D eigenvalue weighted by atomic mass is 16.1. The van der Waals surface area contributed by atoms with Crippen LogP contribution in [0.4, 0.5) is 0 Å². The largest absolute Gasteiger partial charge is 0.350 e. The Hall–Kier alpha value is -3.39. The molecule has 1 amide bonds. The Kier molecular flexibility index (Phi) is 6.01. The van der Waals surface area contributed by atoms with E-state index in [9.17, 15) is 9.59 Å². The lowest BCUT2D eigenvalue weighted by Gasteiger charge is -2.10. The number of nitrogens with one attached hydrogen (secondary N) is 1. The molecule has 0 aliphatic rings. The van der Waals surface area contributed by atoms with Gasteiger partial charge in [-0.2, -0.15) is 5.10 Å². The van der Waals surface area contributed by atoms with Gasteiger partial charge in [0.25, 0.3) is 5.56 Å².